The van der Waals surface area contributed by atoms with Crippen LogP contribution in [0.1, 0.15) is 33.1 Å². The van der Waals surface area contributed by atoms with Gasteiger partial charge in [-0.2, -0.15) is 0 Å². The molecule has 0 aromatic carbocycles. The number of aliphatic carboxylic acids is 1. The molecule has 5 heteroatoms. The van der Waals surface area contributed by atoms with Gasteiger partial charge < -0.3 is 14.7 Å². The summed E-state index contributed by atoms with van der Waals surface area (Å²) in [5, 5.41) is 9.15. The molecular weight excluding hydrogens is 234 g/mol. The molecule has 0 radical (unpaired) electrons. The maximum atomic E-state index is 12.5. The molecule has 2 fully saturated rings. The second kappa shape index (κ2) is 5.26. The number of carboxylic acids is 1. The van der Waals surface area contributed by atoms with Gasteiger partial charge in [-0.15, -0.1) is 0 Å². The van der Waals surface area contributed by atoms with E-state index in [2.05, 4.69) is 0 Å². The van der Waals surface area contributed by atoms with Crippen LogP contribution in [0.4, 0.5) is 0 Å². The molecule has 1 heterocycles. The number of amides is 1. The largest absolute Gasteiger partial charge is 0.481 e. The van der Waals surface area contributed by atoms with E-state index in [9.17, 15) is 9.59 Å². The first kappa shape index (κ1) is 13.3. The number of rotatable bonds is 2. The minimum atomic E-state index is -0.834. The van der Waals surface area contributed by atoms with Gasteiger partial charge in [-0.05, 0) is 26.7 Å². The van der Waals surface area contributed by atoms with Gasteiger partial charge in [0.05, 0.1) is 30.6 Å². The zero-order valence-corrected chi connectivity index (χ0v) is 11.0. The number of hydrogen-bond donors (Lipinski definition) is 1. The molecule has 2 rings (SSSR count). The first-order chi connectivity index (χ1) is 8.50. The predicted octanol–water partition coefficient (Wildman–Crippen LogP) is 1.12. The summed E-state index contributed by atoms with van der Waals surface area (Å²) in [7, 11) is 0. The van der Waals surface area contributed by atoms with Gasteiger partial charge in [0.2, 0.25) is 5.91 Å². The molecule has 0 aromatic rings. The van der Waals surface area contributed by atoms with Crippen LogP contribution in [0.3, 0.4) is 0 Å². The summed E-state index contributed by atoms with van der Waals surface area (Å²) in [6.45, 7) is 5.00. The van der Waals surface area contributed by atoms with Crippen molar-refractivity contribution in [1.29, 1.82) is 0 Å². The van der Waals surface area contributed by atoms with Crippen molar-refractivity contribution in [3.63, 3.8) is 0 Å². The number of carboxylic acid groups (broad SMARTS) is 1. The minimum Gasteiger partial charge on any atom is -0.481 e. The Labute approximate surface area is 107 Å². The van der Waals surface area contributed by atoms with E-state index in [1.165, 1.54) is 0 Å². The Morgan fingerprint density at radius 1 is 1.22 bits per heavy atom. The summed E-state index contributed by atoms with van der Waals surface area (Å²) in [4.78, 5) is 25.4. The fourth-order valence-corrected chi connectivity index (χ4v) is 2.97. The molecule has 102 valence electrons. The quantitative estimate of drug-likeness (QED) is 0.803. The Morgan fingerprint density at radius 2 is 1.89 bits per heavy atom. The van der Waals surface area contributed by atoms with Gasteiger partial charge in [-0.1, -0.05) is 6.42 Å². The molecule has 0 spiro atoms. The molecule has 1 aliphatic heterocycles. The van der Waals surface area contributed by atoms with Gasteiger partial charge >= 0.3 is 5.97 Å². The van der Waals surface area contributed by atoms with E-state index < -0.39 is 11.9 Å². The van der Waals surface area contributed by atoms with Gasteiger partial charge in [0.15, 0.2) is 0 Å². The van der Waals surface area contributed by atoms with E-state index in [1.807, 2.05) is 13.8 Å². The minimum absolute atomic E-state index is 0.00236. The van der Waals surface area contributed by atoms with Crippen LogP contribution in [0.15, 0.2) is 0 Å². The number of hydrogen-bond acceptors (Lipinski definition) is 3. The molecule has 2 aliphatic rings. The Morgan fingerprint density at radius 3 is 2.56 bits per heavy atom. The summed E-state index contributed by atoms with van der Waals surface area (Å²) in [6.07, 6.45) is 2.20. The normalized spacial score (nSPS) is 36.7. The first-order valence-corrected chi connectivity index (χ1v) is 6.65. The number of nitrogens with zero attached hydrogens (tertiary/aromatic N) is 1. The van der Waals surface area contributed by atoms with Crippen molar-refractivity contribution >= 4 is 11.9 Å². The lowest BCUT2D eigenvalue weighted by Gasteiger charge is -2.38. The van der Waals surface area contributed by atoms with Gasteiger partial charge in [0.1, 0.15) is 0 Å². The summed E-state index contributed by atoms with van der Waals surface area (Å²) in [5.41, 5.74) is 0. The highest BCUT2D eigenvalue weighted by atomic mass is 16.5. The molecule has 0 bridgehead atoms. The molecule has 1 aliphatic carbocycles. The van der Waals surface area contributed by atoms with E-state index in [0.717, 1.165) is 6.42 Å². The van der Waals surface area contributed by atoms with Gasteiger partial charge in [-0.25, -0.2) is 0 Å². The van der Waals surface area contributed by atoms with Crippen molar-refractivity contribution in [2.75, 3.05) is 13.2 Å². The average Bonchev–Trinajstić information content (AvgIpc) is 2.80. The van der Waals surface area contributed by atoms with E-state index in [1.54, 1.807) is 4.90 Å². The molecule has 4 atom stereocenters. The third kappa shape index (κ3) is 2.51. The van der Waals surface area contributed by atoms with Gasteiger partial charge in [0.25, 0.3) is 0 Å². The van der Waals surface area contributed by atoms with Crippen molar-refractivity contribution in [3.05, 3.63) is 0 Å². The van der Waals surface area contributed by atoms with E-state index >= 15 is 0 Å². The van der Waals surface area contributed by atoms with E-state index in [4.69, 9.17) is 9.84 Å². The standard InChI is InChI=1S/C13H21NO4/c1-8-7-18-9(2)6-14(8)12(15)10-4-3-5-11(10)13(16)17/h8-11H,3-7H2,1-2H3,(H,16,17). The van der Waals surface area contributed by atoms with Crippen molar-refractivity contribution in [1.82, 2.24) is 4.90 Å². The zero-order valence-electron chi connectivity index (χ0n) is 11.0. The number of carbonyl (C=O) groups is 2. The summed E-state index contributed by atoms with van der Waals surface area (Å²) >= 11 is 0. The third-order valence-corrected chi connectivity index (χ3v) is 4.04. The van der Waals surface area contributed by atoms with Crippen LogP contribution in [-0.2, 0) is 14.3 Å². The van der Waals surface area contributed by atoms with Crippen LogP contribution in [0.5, 0.6) is 0 Å². The smallest absolute Gasteiger partial charge is 0.307 e. The van der Waals surface area contributed by atoms with Crippen molar-refractivity contribution in [2.24, 2.45) is 11.8 Å². The molecule has 1 N–H and O–H groups in total. The lowest BCUT2D eigenvalue weighted by Crippen LogP contribution is -2.52. The van der Waals surface area contributed by atoms with Crippen LogP contribution >= 0.6 is 0 Å². The number of ether oxygens (including phenoxy) is 1. The van der Waals surface area contributed by atoms with Crippen molar-refractivity contribution in [3.8, 4) is 0 Å². The molecule has 4 unspecified atom stereocenters. The summed E-state index contributed by atoms with van der Waals surface area (Å²) in [5.74, 6) is -1.67. The number of carbonyl (C=O) groups excluding carboxylic acids is 1. The highest BCUT2D eigenvalue weighted by molar-refractivity contribution is 5.85. The summed E-state index contributed by atoms with van der Waals surface area (Å²) in [6, 6.07) is 0.0451. The highest BCUT2D eigenvalue weighted by Gasteiger charge is 2.41. The maximum absolute atomic E-state index is 12.5. The Bertz CT molecular complexity index is 344. The van der Waals surface area contributed by atoms with Gasteiger partial charge in [0, 0.05) is 6.54 Å². The van der Waals surface area contributed by atoms with E-state index in [0.29, 0.717) is 26.0 Å². The molecule has 1 saturated heterocycles. The lowest BCUT2D eigenvalue weighted by atomic mass is 9.94. The van der Waals surface area contributed by atoms with Crippen LogP contribution in [0.25, 0.3) is 0 Å². The Kier molecular flexibility index (Phi) is 3.90. The van der Waals surface area contributed by atoms with Crippen LogP contribution in [0, 0.1) is 11.8 Å². The zero-order chi connectivity index (χ0) is 13.3. The Balaban J connectivity index is 2.07. The van der Waals surface area contributed by atoms with Crippen LogP contribution in [-0.4, -0.2) is 47.2 Å². The fourth-order valence-electron chi connectivity index (χ4n) is 2.97. The Hall–Kier alpha value is -1.10. The third-order valence-electron chi connectivity index (χ3n) is 4.04. The maximum Gasteiger partial charge on any atom is 0.307 e. The SMILES string of the molecule is CC1CN(C(=O)C2CCCC2C(=O)O)C(C)CO1. The molecule has 18 heavy (non-hydrogen) atoms. The second-order valence-electron chi connectivity index (χ2n) is 5.47. The first-order valence-electron chi connectivity index (χ1n) is 6.65. The topological polar surface area (TPSA) is 66.8 Å². The molecule has 0 aromatic heterocycles. The van der Waals surface area contributed by atoms with Crippen LogP contribution < -0.4 is 0 Å². The molecule has 1 amide bonds. The monoisotopic (exact) mass is 255 g/mol. The average molecular weight is 255 g/mol. The molecular formula is C13H21NO4. The summed E-state index contributed by atoms with van der Waals surface area (Å²) < 4.78 is 5.50. The van der Waals surface area contributed by atoms with E-state index in [-0.39, 0.29) is 24.0 Å². The van der Waals surface area contributed by atoms with Gasteiger partial charge in [-0.3, -0.25) is 9.59 Å². The van der Waals surface area contributed by atoms with Crippen LogP contribution in [0.2, 0.25) is 0 Å². The highest BCUT2D eigenvalue weighted by Crippen LogP contribution is 2.34. The lowest BCUT2D eigenvalue weighted by molar-refractivity contribution is -0.155. The predicted molar refractivity (Wildman–Crippen MR) is 65.1 cm³/mol. The molecule has 1 saturated carbocycles. The molecule has 5 nitrogen and oxygen atoms in total. The van der Waals surface area contributed by atoms with Crippen molar-refractivity contribution in [2.45, 2.75) is 45.3 Å². The number of morpholine rings is 1. The van der Waals surface area contributed by atoms with Crippen molar-refractivity contribution < 1.29 is 19.4 Å². The second-order valence-corrected chi connectivity index (χ2v) is 5.47. The fraction of sp³-hybridized carbons (Fsp3) is 0.846.